The molecule has 0 saturated carbocycles. The predicted molar refractivity (Wildman–Crippen MR) is 272 cm³/mol. The number of aromatic hydroxyl groups is 2. The molecule has 12 rings (SSSR count). The van der Waals surface area contributed by atoms with Gasteiger partial charge in [-0.2, -0.15) is 0 Å². The molecule has 0 aromatic heterocycles. The van der Waals surface area contributed by atoms with Gasteiger partial charge in [-0.3, -0.25) is 9.04 Å². The van der Waals surface area contributed by atoms with Gasteiger partial charge in [0.2, 0.25) is 10.4 Å². The van der Waals surface area contributed by atoms with Gasteiger partial charge < -0.3 is 60.9 Å². The third kappa shape index (κ3) is 10.1. The first-order valence-electron chi connectivity index (χ1n) is 23.4. The topological polar surface area (TPSA) is 254 Å². The normalized spacial score (nSPS) is 29.5. The minimum Gasteiger partial charge on any atom is -0.726 e. The Kier molecular flexibility index (Phi) is 16.3. The molecular formula is C53H73N5O11S. The van der Waals surface area contributed by atoms with E-state index in [2.05, 4.69) is 99.2 Å². The molecular weight excluding hydrogens is 915 g/mol. The van der Waals surface area contributed by atoms with Crippen LogP contribution in [0, 0.1) is 25.7 Å². The molecule has 8 aliphatic rings. The van der Waals surface area contributed by atoms with Crippen molar-refractivity contribution in [3.8, 4) is 23.0 Å². The van der Waals surface area contributed by atoms with Crippen LogP contribution in [0.15, 0.2) is 97.1 Å². The molecule has 0 radical (unpaired) electrons. The molecule has 17 heteroatoms. The van der Waals surface area contributed by atoms with E-state index in [4.69, 9.17) is 32.7 Å². The Morgan fingerprint density at radius 2 is 1.13 bits per heavy atom. The van der Waals surface area contributed by atoms with Gasteiger partial charge >= 0.3 is 0 Å². The molecule has 70 heavy (non-hydrogen) atoms. The van der Waals surface area contributed by atoms with Gasteiger partial charge in [0.1, 0.15) is 30.1 Å². The fraction of sp³-hybridized carbons (Fsp3) is 0.472. The van der Waals surface area contributed by atoms with Gasteiger partial charge in [-0.05, 0) is 119 Å². The molecule has 4 bridgehead atoms. The molecule has 2 spiro atoms. The number of nitrogens with two attached hydrogens (primary N) is 1. The molecule has 0 unspecified atom stereocenters. The molecule has 4 aliphatic heterocycles. The van der Waals surface area contributed by atoms with Gasteiger partial charge in [0, 0.05) is 65.8 Å². The molecule has 0 amide bonds. The Bertz CT molecular complexity index is 2520. The molecule has 16 nitrogen and oxygen atoms in total. The fourth-order valence-electron chi connectivity index (χ4n) is 12.1. The summed E-state index contributed by atoms with van der Waals surface area (Å²) in [5.41, 5.74) is 14.9. The Hall–Kier alpha value is -5.05. The summed E-state index contributed by atoms with van der Waals surface area (Å²) in [4.78, 5) is 4.87. The molecule has 10 atom stereocenters. The van der Waals surface area contributed by atoms with Gasteiger partial charge in [0.15, 0.2) is 23.0 Å². The number of likely N-dealkylation sites (tertiary alicyclic amines) is 2. The number of nitrogens with zero attached hydrogens (tertiary/aromatic N) is 3. The van der Waals surface area contributed by atoms with Crippen LogP contribution < -0.4 is 25.8 Å². The van der Waals surface area contributed by atoms with E-state index in [1.54, 1.807) is 26.4 Å². The number of aliphatic hydroxyl groups is 2. The monoisotopic (exact) mass is 988 g/mol. The summed E-state index contributed by atoms with van der Waals surface area (Å²) in [6.45, 7) is 6.11. The third-order valence-electron chi connectivity index (χ3n) is 15.5. The number of anilines is 1. The Morgan fingerprint density at radius 1 is 0.714 bits per heavy atom. The van der Waals surface area contributed by atoms with Gasteiger partial charge in [-0.15, -0.1) is 0 Å². The van der Waals surface area contributed by atoms with E-state index in [0.717, 1.165) is 48.9 Å². The van der Waals surface area contributed by atoms with Crippen LogP contribution in [0.4, 0.5) is 11.4 Å². The van der Waals surface area contributed by atoms with Crippen molar-refractivity contribution in [1.29, 1.82) is 0 Å². The van der Waals surface area contributed by atoms with Crippen LogP contribution in [0.25, 0.3) is 0 Å². The molecule has 4 aliphatic carbocycles. The number of para-hydroxylation sites is 1. The highest BCUT2D eigenvalue weighted by Crippen LogP contribution is 2.64. The summed E-state index contributed by atoms with van der Waals surface area (Å²) in [5, 5.41) is 41.3. The van der Waals surface area contributed by atoms with Crippen LogP contribution in [0.1, 0.15) is 46.2 Å². The fourth-order valence-corrected chi connectivity index (χ4v) is 12.1. The second kappa shape index (κ2) is 21.0. The van der Waals surface area contributed by atoms with E-state index in [1.807, 2.05) is 49.4 Å². The molecule has 382 valence electrons. The summed E-state index contributed by atoms with van der Waals surface area (Å²) in [7, 11) is 9.20. The number of nitrogen functional groups attached to an aromatic ring is 1. The number of aryl methyl sites for hydroxylation is 1. The highest BCUT2D eigenvalue weighted by molar-refractivity contribution is 7.79. The number of benzene rings is 4. The van der Waals surface area contributed by atoms with Crippen molar-refractivity contribution in [2.45, 2.75) is 86.9 Å². The zero-order valence-electron chi connectivity index (χ0n) is 41.8. The van der Waals surface area contributed by atoms with E-state index in [0.29, 0.717) is 35.4 Å². The molecule has 2 saturated heterocycles. The van der Waals surface area contributed by atoms with E-state index in [-0.39, 0.29) is 40.7 Å². The summed E-state index contributed by atoms with van der Waals surface area (Å²) in [6, 6.07) is 24.9. The van der Waals surface area contributed by atoms with Gasteiger partial charge in [0.05, 0.1) is 21.1 Å². The molecule has 4 aromatic carbocycles. The number of quaternary nitrogens is 1. The number of likely N-dealkylation sites (N-methyl/N-ethyl adjacent to an activating group) is 2. The first-order chi connectivity index (χ1) is 32.5. The lowest BCUT2D eigenvalue weighted by Crippen LogP contribution is -2.64. The quantitative estimate of drug-likeness (QED) is 0.0403. The SMILES string of the molecule is CN1CC[C@]23c4c5ccc(O)c4O[C@H]2[C@@H](O)C=C[C@H]3[C@H]1C5.CN1CC[C@]23c4c5ccc(O)c4O[C@H]2[C@@H](O)C=C[C@H]3[C@H]1C5.COC.C[N+](C)(C)c1ccccc1.Cc1cccc(N)c1C.N.O=S(=O)([O-])O. The second-order valence-corrected chi connectivity index (χ2v) is 21.2. The van der Waals surface area contributed by atoms with E-state index in [9.17, 15) is 20.4 Å². The highest BCUT2D eigenvalue weighted by Gasteiger charge is 2.65. The smallest absolute Gasteiger partial charge is 0.215 e. The number of rotatable bonds is 1. The van der Waals surface area contributed by atoms with Crippen LogP contribution in [0.3, 0.4) is 0 Å². The summed E-state index contributed by atoms with van der Waals surface area (Å²) in [5.74, 6) is 2.38. The Morgan fingerprint density at radius 3 is 1.49 bits per heavy atom. The number of ether oxygens (including phenoxy) is 3. The molecule has 10 N–H and O–H groups in total. The van der Waals surface area contributed by atoms with Crippen LogP contribution in [0.2, 0.25) is 0 Å². The maximum absolute atomic E-state index is 10.4. The lowest BCUT2D eigenvalue weighted by molar-refractivity contribution is -0.0453. The summed E-state index contributed by atoms with van der Waals surface area (Å²) in [6.07, 6.45) is 10.4. The van der Waals surface area contributed by atoms with Crippen molar-refractivity contribution in [2.24, 2.45) is 11.8 Å². The van der Waals surface area contributed by atoms with Crippen molar-refractivity contribution < 1.29 is 52.2 Å². The van der Waals surface area contributed by atoms with Gasteiger partial charge in [-0.25, -0.2) is 8.42 Å². The van der Waals surface area contributed by atoms with Crippen LogP contribution in [0.5, 0.6) is 23.0 Å². The lowest BCUT2D eigenvalue weighted by Gasteiger charge is -2.56. The maximum atomic E-state index is 10.4. The Labute approximate surface area is 413 Å². The number of methoxy groups -OCH3 is 1. The third-order valence-corrected chi connectivity index (χ3v) is 15.5. The Balaban J connectivity index is 0.000000153. The predicted octanol–water partition coefficient (Wildman–Crippen LogP) is 5.59. The van der Waals surface area contributed by atoms with Gasteiger partial charge in [-0.1, -0.05) is 66.8 Å². The van der Waals surface area contributed by atoms with Crippen molar-refractivity contribution in [1.82, 2.24) is 20.4 Å². The average molecular weight is 988 g/mol. The zero-order valence-corrected chi connectivity index (χ0v) is 42.6. The first kappa shape index (κ1) is 54.3. The van der Waals surface area contributed by atoms with Crippen LogP contribution >= 0.6 is 0 Å². The average Bonchev–Trinajstić information content (AvgIpc) is 3.84. The highest BCUT2D eigenvalue weighted by atomic mass is 32.3. The minimum atomic E-state index is -4.92. The molecule has 4 heterocycles. The number of phenolic OH excluding ortho intramolecular Hbond substituents is 2. The number of hydrogen-bond acceptors (Lipinski definition) is 14. The summed E-state index contributed by atoms with van der Waals surface area (Å²) < 4.78 is 50.1. The van der Waals surface area contributed by atoms with Crippen molar-refractivity contribution in [2.75, 3.05) is 68.3 Å². The zero-order chi connectivity index (χ0) is 50.4. The maximum Gasteiger partial charge on any atom is 0.215 e. The summed E-state index contributed by atoms with van der Waals surface area (Å²) >= 11 is 0. The van der Waals surface area contributed by atoms with Crippen molar-refractivity contribution >= 4 is 21.8 Å². The molecule has 4 aromatic rings. The second-order valence-electron chi connectivity index (χ2n) is 20.3. The standard InChI is InChI=1S/2C17H19NO3.C9H14N.C8H11N.C2H6O.H3N.H2O4S/c2*1-18-7-6-17-10-3-5-13(20)16(17)21-15-12(19)4-2-9(14(15)17)8-11(10)18;1-10(2,3)9-7-5-4-6-8-9;1-6-4-3-5-8(9)7(6)2;1-3-2;;1-5(2,3)4/h2*2-5,10-11,13,16,19-20H,6-8H2,1H3;4-8H,1-3H3;3-5H,9H2,1-2H3;1-2H3;1H3;(H2,1,2,3,4)/q;;+1;;;;/p-1/t2*10-,11+,13-,16-,17-;;;;;/m00...../s1. The lowest BCUT2D eigenvalue weighted by atomic mass is 9.53. The van der Waals surface area contributed by atoms with E-state index >= 15 is 0 Å². The van der Waals surface area contributed by atoms with Crippen LogP contribution in [-0.4, -0.2) is 147 Å². The van der Waals surface area contributed by atoms with E-state index < -0.39 is 22.6 Å². The number of hydrogen-bond donors (Lipinski definition) is 7. The van der Waals surface area contributed by atoms with Crippen molar-refractivity contribution in [3.05, 3.63) is 130 Å². The number of phenols is 2. The van der Waals surface area contributed by atoms with Gasteiger partial charge in [0.25, 0.3) is 0 Å². The minimum absolute atomic E-state index is 0. The van der Waals surface area contributed by atoms with E-state index in [1.165, 1.54) is 39.1 Å². The van der Waals surface area contributed by atoms with Crippen molar-refractivity contribution in [3.63, 3.8) is 0 Å². The number of piperidine rings is 2. The van der Waals surface area contributed by atoms with Crippen LogP contribution in [-0.2, 0) is 38.8 Å². The largest absolute Gasteiger partial charge is 0.726 e. The number of aliphatic hydroxyl groups excluding tert-OH is 2. The molecule has 2 fully saturated rings. The first-order valence-corrected chi connectivity index (χ1v) is 24.8.